The lowest BCUT2D eigenvalue weighted by molar-refractivity contribution is -0.144. The van der Waals surface area contributed by atoms with Gasteiger partial charge in [-0.05, 0) is 26.2 Å². The summed E-state index contributed by atoms with van der Waals surface area (Å²) in [5, 5.41) is 8.21. The van der Waals surface area contributed by atoms with E-state index in [0.29, 0.717) is 0 Å². The van der Waals surface area contributed by atoms with Gasteiger partial charge in [-0.3, -0.25) is 4.79 Å². The van der Waals surface area contributed by atoms with Crippen molar-refractivity contribution in [3.05, 3.63) is 11.6 Å². The summed E-state index contributed by atoms with van der Waals surface area (Å²) in [6.07, 6.45) is 2.65. The van der Waals surface area contributed by atoms with Crippen LogP contribution in [0, 0.1) is 6.92 Å². The number of aromatic nitrogens is 3. The van der Waals surface area contributed by atoms with Gasteiger partial charge in [0.15, 0.2) is 5.82 Å². The van der Waals surface area contributed by atoms with Crippen molar-refractivity contribution in [2.75, 3.05) is 7.11 Å². The highest BCUT2D eigenvalue weighted by Crippen LogP contribution is 2.48. The number of ether oxygens (including phenoxy) is 1. The van der Waals surface area contributed by atoms with Crippen molar-refractivity contribution in [2.24, 2.45) is 0 Å². The van der Waals surface area contributed by atoms with Crippen LogP contribution in [0.2, 0.25) is 0 Å². The van der Waals surface area contributed by atoms with Gasteiger partial charge in [0.2, 0.25) is 0 Å². The number of rotatable bonds is 4. The first-order chi connectivity index (χ1) is 7.65. The molecule has 16 heavy (non-hydrogen) atoms. The molecule has 0 aliphatic heterocycles. The van der Waals surface area contributed by atoms with Crippen LogP contribution in [0.5, 0.6) is 0 Å². The molecule has 88 valence electrons. The third-order valence-electron chi connectivity index (χ3n) is 3.14. The number of carbonyl (C=O) groups excluding carboxylic acids is 1. The average molecular weight is 223 g/mol. The van der Waals surface area contributed by atoms with Crippen LogP contribution in [0.3, 0.4) is 0 Å². The quantitative estimate of drug-likeness (QED) is 0.720. The molecular weight excluding hydrogens is 206 g/mol. The van der Waals surface area contributed by atoms with Crippen molar-refractivity contribution in [3.8, 4) is 0 Å². The lowest BCUT2D eigenvalue weighted by atomic mass is 10.1. The summed E-state index contributed by atoms with van der Waals surface area (Å²) in [6, 6.07) is 0. The Labute approximate surface area is 94.8 Å². The Morgan fingerprint density at radius 1 is 1.50 bits per heavy atom. The zero-order chi connectivity index (χ0) is 11.8. The topological polar surface area (TPSA) is 57.0 Å². The smallest absolute Gasteiger partial charge is 0.319 e. The zero-order valence-electron chi connectivity index (χ0n) is 9.99. The van der Waals surface area contributed by atoms with Crippen LogP contribution in [-0.4, -0.2) is 27.8 Å². The van der Waals surface area contributed by atoms with Crippen molar-refractivity contribution >= 4 is 5.97 Å². The van der Waals surface area contributed by atoms with E-state index in [-0.39, 0.29) is 5.97 Å². The van der Waals surface area contributed by atoms with Crippen LogP contribution in [0.25, 0.3) is 0 Å². The maximum Gasteiger partial charge on any atom is 0.319 e. The number of methoxy groups -OCH3 is 1. The molecule has 1 saturated carbocycles. The van der Waals surface area contributed by atoms with E-state index < -0.39 is 5.41 Å². The molecule has 0 saturated heterocycles. The fourth-order valence-electron chi connectivity index (χ4n) is 2.07. The summed E-state index contributed by atoms with van der Waals surface area (Å²) in [7, 11) is 1.43. The van der Waals surface area contributed by atoms with Crippen molar-refractivity contribution in [1.29, 1.82) is 0 Å². The van der Waals surface area contributed by atoms with Gasteiger partial charge in [-0.1, -0.05) is 6.92 Å². The number of hydrogen-bond donors (Lipinski definition) is 0. The highest BCUT2D eigenvalue weighted by atomic mass is 16.5. The van der Waals surface area contributed by atoms with E-state index in [1.54, 1.807) is 0 Å². The molecule has 1 aromatic heterocycles. The lowest BCUT2D eigenvalue weighted by Gasteiger charge is -2.14. The molecule has 1 fully saturated rings. The highest BCUT2D eigenvalue weighted by molar-refractivity contribution is 5.85. The number of hydrogen-bond acceptors (Lipinski definition) is 4. The summed E-state index contributed by atoms with van der Waals surface area (Å²) in [4.78, 5) is 11.8. The maximum absolute atomic E-state index is 11.8. The van der Waals surface area contributed by atoms with Gasteiger partial charge in [0.1, 0.15) is 11.2 Å². The van der Waals surface area contributed by atoms with Crippen LogP contribution >= 0.6 is 0 Å². The zero-order valence-corrected chi connectivity index (χ0v) is 9.99. The Bertz CT molecular complexity index is 407. The molecule has 2 rings (SSSR count). The second-order valence-corrected chi connectivity index (χ2v) is 4.30. The summed E-state index contributed by atoms with van der Waals surface area (Å²) < 4.78 is 6.89. The molecule has 0 bridgehead atoms. The molecule has 0 N–H and O–H groups in total. The molecule has 1 aromatic rings. The molecule has 5 heteroatoms. The fraction of sp³-hybridized carbons (Fsp3) is 0.727. The molecule has 0 unspecified atom stereocenters. The van der Waals surface area contributed by atoms with Gasteiger partial charge in [-0.15, -0.1) is 10.2 Å². The Kier molecular flexibility index (Phi) is 2.69. The van der Waals surface area contributed by atoms with Gasteiger partial charge in [-0.2, -0.15) is 0 Å². The molecule has 1 heterocycles. The van der Waals surface area contributed by atoms with E-state index in [0.717, 1.165) is 37.5 Å². The van der Waals surface area contributed by atoms with Gasteiger partial charge in [0.25, 0.3) is 0 Å². The van der Waals surface area contributed by atoms with Crippen LogP contribution in [-0.2, 0) is 21.5 Å². The predicted octanol–water partition coefficient (Wildman–Crippen LogP) is 1.20. The number of nitrogens with zero attached hydrogens (tertiary/aromatic N) is 3. The first-order valence-electron chi connectivity index (χ1n) is 5.64. The van der Waals surface area contributed by atoms with Gasteiger partial charge < -0.3 is 9.30 Å². The molecule has 1 aliphatic rings. The first kappa shape index (κ1) is 11.1. The molecule has 1 aliphatic carbocycles. The van der Waals surface area contributed by atoms with Crippen LogP contribution in [0.15, 0.2) is 0 Å². The molecule has 0 amide bonds. The van der Waals surface area contributed by atoms with Gasteiger partial charge >= 0.3 is 5.97 Å². The second-order valence-electron chi connectivity index (χ2n) is 4.30. The molecule has 0 radical (unpaired) electrons. The van der Waals surface area contributed by atoms with E-state index in [1.807, 2.05) is 11.5 Å². The predicted molar refractivity (Wildman–Crippen MR) is 58.0 cm³/mol. The Hall–Kier alpha value is -1.39. The number of esters is 1. The average Bonchev–Trinajstić information content (AvgIpc) is 3.01. The summed E-state index contributed by atoms with van der Waals surface area (Å²) in [6.45, 7) is 4.87. The third-order valence-corrected chi connectivity index (χ3v) is 3.14. The maximum atomic E-state index is 11.8. The second kappa shape index (κ2) is 3.88. The molecule has 0 spiro atoms. The molecule has 0 aromatic carbocycles. The minimum Gasteiger partial charge on any atom is -0.468 e. The van der Waals surface area contributed by atoms with Crippen molar-refractivity contribution in [3.63, 3.8) is 0 Å². The monoisotopic (exact) mass is 223 g/mol. The van der Waals surface area contributed by atoms with Gasteiger partial charge in [-0.25, -0.2) is 0 Å². The Balaban J connectivity index is 2.37. The molecule has 0 atom stereocenters. The first-order valence-corrected chi connectivity index (χ1v) is 5.64. The number of carbonyl (C=O) groups is 1. The summed E-state index contributed by atoms with van der Waals surface area (Å²) in [5.41, 5.74) is -0.509. The largest absolute Gasteiger partial charge is 0.468 e. The number of aryl methyl sites for hydroxylation is 1. The van der Waals surface area contributed by atoms with Gasteiger partial charge in [0.05, 0.1) is 7.11 Å². The minimum absolute atomic E-state index is 0.183. The van der Waals surface area contributed by atoms with E-state index >= 15 is 0 Å². The minimum atomic E-state index is -0.509. The lowest BCUT2D eigenvalue weighted by Crippen LogP contribution is -2.26. The normalized spacial score (nSPS) is 17.2. The van der Waals surface area contributed by atoms with Crippen LogP contribution < -0.4 is 0 Å². The van der Waals surface area contributed by atoms with Crippen LogP contribution in [0.4, 0.5) is 0 Å². The molecule has 5 nitrogen and oxygen atoms in total. The van der Waals surface area contributed by atoms with E-state index in [9.17, 15) is 4.79 Å². The van der Waals surface area contributed by atoms with Gasteiger partial charge in [0, 0.05) is 6.54 Å². The van der Waals surface area contributed by atoms with Crippen molar-refractivity contribution in [1.82, 2.24) is 14.8 Å². The Morgan fingerprint density at radius 3 is 2.69 bits per heavy atom. The highest BCUT2D eigenvalue weighted by Gasteiger charge is 2.56. The van der Waals surface area contributed by atoms with E-state index in [2.05, 4.69) is 17.1 Å². The van der Waals surface area contributed by atoms with E-state index in [4.69, 9.17) is 4.74 Å². The summed E-state index contributed by atoms with van der Waals surface area (Å²) in [5.74, 6) is 1.46. The SMILES string of the molecule is CCCn1c(C)nnc1C1(C(=O)OC)CC1. The third kappa shape index (κ3) is 1.50. The van der Waals surface area contributed by atoms with Crippen LogP contribution in [0.1, 0.15) is 37.8 Å². The standard InChI is InChI=1S/C11H17N3O2/c1-4-7-14-8(2)12-13-9(14)11(5-6-11)10(15)16-3/h4-7H2,1-3H3. The fourth-order valence-corrected chi connectivity index (χ4v) is 2.07. The van der Waals surface area contributed by atoms with Crippen molar-refractivity contribution < 1.29 is 9.53 Å². The van der Waals surface area contributed by atoms with E-state index in [1.165, 1.54) is 7.11 Å². The Morgan fingerprint density at radius 2 is 2.19 bits per heavy atom. The molecular formula is C11H17N3O2. The summed E-state index contributed by atoms with van der Waals surface area (Å²) >= 11 is 0. The van der Waals surface area contributed by atoms with Crippen molar-refractivity contribution in [2.45, 2.75) is 45.1 Å².